The monoisotopic (exact) mass is 208 g/mol. The molecule has 84 valence electrons. The summed E-state index contributed by atoms with van der Waals surface area (Å²) in [4.78, 5) is 0. The summed E-state index contributed by atoms with van der Waals surface area (Å²) < 4.78 is 5.00. The van der Waals surface area contributed by atoms with Crippen LogP contribution in [0.5, 0.6) is 0 Å². The fourth-order valence-corrected chi connectivity index (χ4v) is 2.12. The van der Waals surface area contributed by atoms with Crippen LogP contribution >= 0.6 is 0 Å². The highest BCUT2D eigenvalue weighted by molar-refractivity contribution is 5.04. The van der Waals surface area contributed by atoms with Crippen LogP contribution in [-0.2, 0) is 6.54 Å². The van der Waals surface area contributed by atoms with E-state index in [9.17, 15) is 0 Å². The highest BCUT2D eigenvalue weighted by Gasteiger charge is 2.12. The first-order valence-corrected chi connectivity index (χ1v) is 5.90. The Morgan fingerprint density at radius 3 is 2.87 bits per heavy atom. The highest BCUT2D eigenvalue weighted by Crippen LogP contribution is 2.16. The maximum atomic E-state index is 5.00. The molecule has 1 aliphatic carbocycles. The van der Waals surface area contributed by atoms with Gasteiger partial charge in [0.1, 0.15) is 0 Å². The molecule has 15 heavy (non-hydrogen) atoms. The first kappa shape index (κ1) is 10.7. The molecule has 0 saturated heterocycles. The molecule has 1 aromatic rings. The van der Waals surface area contributed by atoms with E-state index in [2.05, 4.69) is 10.6 Å². The number of furan rings is 1. The number of hydrogen-bond donors (Lipinski definition) is 2. The molecule has 2 rings (SSSR count). The first-order valence-electron chi connectivity index (χ1n) is 5.90. The molecule has 0 aromatic carbocycles. The smallest absolute Gasteiger partial charge is 0.0947 e. The van der Waals surface area contributed by atoms with E-state index in [1.165, 1.54) is 31.2 Å². The van der Waals surface area contributed by atoms with Crippen LogP contribution in [0.25, 0.3) is 0 Å². The van der Waals surface area contributed by atoms with Gasteiger partial charge in [-0.3, -0.25) is 0 Å². The predicted octanol–water partition coefficient (Wildman–Crippen LogP) is 1.90. The van der Waals surface area contributed by atoms with Crippen LogP contribution in [0, 0.1) is 0 Å². The van der Waals surface area contributed by atoms with Gasteiger partial charge in [0.25, 0.3) is 0 Å². The zero-order chi connectivity index (χ0) is 10.3. The summed E-state index contributed by atoms with van der Waals surface area (Å²) in [6.07, 6.45) is 9.04. The Bertz CT molecular complexity index is 253. The summed E-state index contributed by atoms with van der Waals surface area (Å²) in [6.45, 7) is 3.01. The van der Waals surface area contributed by atoms with Gasteiger partial charge in [0.05, 0.1) is 12.5 Å². The normalized spacial score (nSPS) is 17.3. The Morgan fingerprint density at radius 1 is 1.27 bits per heavy atom. The van der Waals surface area contributed by atoms with E-state index < -0.39 is 0 Å². The van der Waals surface area contributed by atoms with Crippen molar-refractivity contribution in [3.05, 3.63) is 24.2 Å². The maximum Gasteiger partial charge on any atom is 0.0947 e. The average molecular weight is 208 g/mol. The Labute approximate surface area is 91.2 Å². The molecular weight excluding hydrogens is 188 g/mol. The highest BCUT2D eigenvalue weighted by atomic mass is 16.3. The summed E-state index contributed by atoms with van der Waals surface area (Å²) in [7, 11) is 0. The van der Waals surface area contributed by atoms with E-state index in [4.69, 9.17) is 4.42 Å². The molecule has 2 N–H and O–H groups in total. The molecular formula is C12H20N2O. The lowest BCUT2D eigenvalue weighted by atomic mass is 10.2. The third-order valence-electron chi connectivity index (χ3n) is 3.00. The van der Waals surface area contributed by atoms with Gasteiger partial charge in [0.15, 0.2) is 0 Å². The van der Waals surface area contributed by atoms with Gasteiger partial charge in [-0.1, -0.05) is 12.8 Å². The van der Waals surface area contributed by atoms with Gasteiger partial charge in [-0.05, 0) is 18.9 Å². The Balaban J connectivity index is 1.48. The first-order chi connectivity index (χ1) is 7.45. The average Bonchev–Trinajstić information content (AvgIpc) is 2.88. The largest absolute Gasteiger partial charge is 0.472 e. The molecule has 1 aromatic heterocycles. The van der Waals surface area contributed by atoms with Crippen molar-refractivity contribution in [3.63, 3.8) is 0 Å². The number of nitrogens with one attached hydrogen (secondary N) is 2. The summed E-state index contributed by atoms with van der Waals surface area (Å²) in [5, 5.41) is 6.96. The van der Waals surface area contributed by atoms with Gasteiger partial charge in [0, 0.05) is 31.2 Å². The van der Waals surface area contributed by atoms with Gasteiger partial charge < -0.3 is 15.1 Å². The van der Waals surface area contributed by atoms with Crippen LogP contribution in [0.15, 0.2) is 23.0 Å². The van der Waals surface area contributed by atoms with Crippen molar-refractivity contribution in [3.8, 4) is 0 Å². The molecule has 0 atom stereocenters. The molecule has 3 nitrogen and oxygen atoms in total. The minimum absolute atomic E-state index is 0.778. The van der Waals surface area contributed by atoms with E-state index in [0.717, 1.165) is 25.7 Å². The van der Waals surface area contributed by atoms with Crippen LogP contribution in [0.1, 0.15) is 31.2 Å². The second kappa shape index (κ2) is 5.93. The van der Waals surface area contributed by atoms with Gasteiger partial charge in [-0.25, -0.2) is 0 Å². The molecule has 0 bridgehead atoms. The van der Waals surface area contributed by atoms with Crippen molar-refractivity contribution < 1.29 is 4.42 Å². The van der Waals surface area contributed by atoms with E-state index >= 15 is 0 Å². The zero-order valence-electron chi connectivity index (χ0n) is 9.17. The molecule has 0 amide bonds. The summed E-state index contributed by atoms with van der Waals surface area (Å²) >= 11 is 0. The van der Waals surface area contributed by atoms with Crippen LogP contribution in [-0.4, -0.2) is 19.1 Å². The van der Waals surface area contributed by atoms with Crippen LogP contribution in [0.2, 0.25) is 0 Å². The van der Waals surface area contributed by atoms with Crippen LogP contribution in [0.3, 0.4) is 0 Å². The molecule has 1 aliphatic rings. The molecule has 0 spiro atoms. The lowest BCUT2D eigenvalue weighted by Gasteiger charge is -2.11. The third-order valence-corrected chi connectivity index (χ3v) is 3.00. The Morgan fingerprint density at radius 2 is 2.13 bits per heavy atom. The fourth-order valence-electron chi connectivity index (χ4n) is 2.12. The minimum Gasteiger partial charge on any atom is -0.472 e. The molecule has 0 unspecified atom stereocenters. The lowest BCUT2D eigenvalue weighted by Crippen LogP contribution is -2.33. The SMILES string of the molecule is c1cc(CNCCNC2CCCC2)co1. The van der Waals surface area contributed by atoms with Crippen molar-refractivity contribution >= 4 is 0 Å². The fraction of sp³-hybridized carbons (Fsp3) is 0.667. The number of rotatable bonds is 6. The minimum atomic E-state index is 0.778. The molecule has 3 heteroatoms. The Kier molecular flexibility index (Phi) is 4.23. The summed E-state index contributed by atoms with van der Waals surface area (Å²) in [5.74, 6) is 0. The molecule has 1 heterocycles. The van der Waals surface area contributed by atoms with Crippen molar-refractivity contribution in [2.45, 2.75) is 38.3 Å². The van der Waals surface area contributed by atoms with Crippen molar-refractivity contribution in [1.82, 2.24) is 10.6 Å². The molecule has 1 fully saturated rings. The van der Waals surface area contributed by atoms with Gasteiger partial charge in [0.2, 0.25) is 0 Å². The third kappa shape index (κ3) is 3.68. The van der Waals surface area contributed by atoms with Gasteiger partial charge in [-0.2, -0.15) is 0 Å². The Hall–Kier alpha value is -0.800. The molecule has 1 saturated carbocycles. The van der Waals surface area contributed by atoms with Crippen molar-refractivity contribution in [2.24, 2.45) is 0 Å². The quantitative estimate of drug-likeness (QED) is 0.701. The number of hydrogen-bond acceptors (Lipinski definition) is 3. The van der Waals surface area contributed by atoms with E-state index in [0.29, 0.717) is 0 Å². The van der Waals surface area contributed by atoms with Gasteiger partial charge in [-0.15, -0.1) is 0 Å². The van der Waals surface area contributed by atoms with Gasteiger partial charge >= 0.3 is 0 Å². The molecule has 0 radical (unpaired) electrons. The second-order valence-electron chi connectivity index (χ2n) is 4.24. The molecule has 0 aliphatic heterocycles. The van der Waals surface area contributed by atoms with Crippen molar-refractivity contribution in [1.29, 1.82) is 0 Å². The van der Waals surface area contributed by atoms with Crippen LogP contribution < -0.4 is 10.6 Å². The summed E-state index contributed by atoms with van der Waals surface area (Å²) in [6, 6.07) is 2.78. The lowest BCUT2D eigenvalue weighted by molar-refractivity contribution is 0.507. The van der Waals surface area contributed by atoms with Crippen molar-refractivity contribution in [2.75, 3.05) is 13.1 Å². The standard InChI is InChI=1S/C12H20N2O/c1-2-4-12(3-1)14-7-6-13-9-11-5-8-15-10-11/h5,8,10,12-14H,1-4,6-7,9H2. The zero-order valence-corrected chi connectivity index (χ0v) is 9.17. The van der Waals surface area contributed by atoms with Crippen LogP contribution in [0.4, 0.5) is 0 Å². The van der Waals surface area contributed by atoms with E-state index in [1.807, 2.05) is 6.07 Å². The van der Waals surface area contributed by atoms with E-state index in [1.54, 1.807) is 12.5 Å². The second-order valence-corrected chi connectivity index (χ2v) is 4.24. The maximum absolute atomic E-state index is 5.00. The predicted molar refractivity (Wildman–Crippen MR) is 60.7 cm³/mol. The van der Waals surface area contributed by atoms with E-state index in [-0.39, 0.29) is 0 Å². The topological polar surface area (TPSA) is 37.2 Å². The summed E-state index contributed by atoms with van der Waals surface area (Å²) in [5.41, 5.74) is 1.22.